The predicted molar refractivity (Wildman–Crippen MR) is 62.7 cm³/mol. The Morgan fingerprint density at radius 1 is 1.53 bits per heavy atom. The zero-order valence-electron chi connectivity index (χ0n) is 7.90. The normalized spacial score (nSPS) is 14.9. The van der Waals surface area contributed by atoms with E-state index in [-0.39, 0.29) is 11.7 Å². The minimum atomic E-state index is -1.06. The number of nitrogens with two attached hydrogens (primary N) is 1. The van der Waals surface area contributed by atoms with Gasteiger partial charge >= 0.3 is 0 Å². The molecule has 0 saturated heterocycles. The Morgan fingerprint density at radius 2 is 2.20 bits per heavy atom. The van der Waals surface area contributed by atoms with Gasteiger partial charge in [0.1, 0.15) is 11.9 Å². The van der Waals surface area contributed by atoms with Crippen molar-refractivity contribution in [2.24, 2.45) is 0 Å². The zero-order chi connectivity index (χ0) is 11.4. The van der Waals surface area contributed by atoms with Gasteiger partial charge in [0.2, 0.25) is 0 Å². The van der Waals surface area contributed by atoms with Gasteiger partial charge in [0, 0.05) is 22.1 Å². The fourth-order valence-corrected chi connectivity index (χ4v) is 1.75. The van der Waals surface area contributed by atoms with Crippen molar-refractivity contribution >= 4 is 33.3 Å². The number of hydrogen-bond donors (Lipinski definition) is 3. The van der Waals surface area contributed by atoms with Gasteiger partial charge in [0.05, 0.1) is 6.10 Å². The van der Waals surface area contributed by atoms with E-state index in [9.17, 15) is 10.2 Å². The first kappa shape index (κ1) is 12.7. The first-order valence-electron chi connectivity index (χ1n) is 4.39. The standard InChI is InChI=1S/C9H12BrClN2O2/c10-5-3-6(9(12)13-4-5)8(15)7(14)1-2-11/h3-4,7-8,14-15H,1-2H2,(H2,12,13). The highest BCUT2D eigenvalue weighted by atomic mass is 79.9. The van der Waals surface area contributed by atoms with Crippen molar-refractivity contribution < 1.29 is 10.2 Å². The van der Waals surface area contributed by atoms with Crippen LogP contribution in [0.1, 0.15) is 18.1 Å². The van der Waals surface area contributed by atoms with Gasteiger partial charge in [-0.25, -0.2) is 4.98 Å². The number of hydrogen-bond acceptors (Lipinski definition) is 4. The Bertz CT molecular complexity index is 338. The summed E-state index contributed by atoms with van der Waals surface area (Å²) in [4.78, 5) is 3.87. The molecule has 0 amide bonds. The zero-order valence-corrected chi connectivity index (χ0v) is 10.2. The molecule has 0 bridgehead atoms. The van der Waals surface area contributed by atoms with Gasteiger partial charge in [-0.1, -0.05) is 0 Å². The fourth-order valence-electron chi connectivity index (χ4n) is 1.18. The van der Waals surface area contributed by atoms with Crippen LogP contribution in [0, 0.1) is 0 Å². The van der Waals surface area contributed by atoms with E-state index in [1.807, 2.05) is 0 Å². The highest BCUT2D eigenvalue weighted by Gasteiger charge is 2.20. The summed E-state index contributed by atoms with van der Waals surface area (Å²) in [6, 6.07) is 1.63. The van der Waals surface area contributed by atoms with Crippen LogP contribution in [0.2, 0.25) is 0 Å². The summed E-state index contributed by atoms with van der Waals surface area (Å²) >= 11 is 8.69. The molecule has 6 heteroatoms. The van der Waals surface area contributed by atoms with Crippen molar-refractivity contribution in [2.45, 2.75) is 18.6 Å². The van der Waals surface area contributed by atoms with Gasteiger partial charge in [-0.2, -0.15) is 0 Å². The molecule has 84 valence electrons. The Morgan fingerprint density at radius 3 is 2.80 bits per heavy atom. The van der Waals surface area contributed by atoms with E-state index >= 15 is 0 Å². The summed E-state index contributed by atoms with van der Waals surface area (Å²) in [5.74, 6) is 0.485. The average Bonchev–Trinajstić information content (AvgIpc) is 2.21. The van der Waals surface area contributed by atoms with Crippen LogP contribution in [-0.2, 0) is 0 Å². The number of aromatic nitrogens is 1. The number of nitrogen functional groups attached to an aromatic ring is 1. The molecule has 4 N–H and O–H groups in total. The number of aliphatic hydroxyl groups excluding tert-OH is 2. The Labute approximate surface area is 101 Å². The van der Waals surface area contributed by atoms with Crippen LogP contribution in [0.25, 0.3) is 0 Å². The maximum absolute atomic E-state index is 9.78. The van der Waals surface area contributed by atoms with Crippen LogP contribution in [-0.4, -0.2) is 27.2 Å². The van der Waals surface area contributed by atoms with Crippen molar-refractivity contribution in [2.75, 3.05) is 11.6 Å². The highest BCUT2D eigenvalue weighted by molar-refractivity contribution is 9.10. The molecule has 0 fully saturated rings. The molecule has 1 heterocycles. The van der Waals surface area contributed by atoms with Gasteiger partial charge in [-0.05, 0) is 28.4 Å². The molecule has 0 aliphatic heterocycles. The molecule has 0 aromatic carbocycles. The number of anilines is 1. The highest BCUT2D eigenvalue weighted by Crippen LogP contribution is 2.25. The van der Waals surface area contributed by atoms with Crippen LogP contribution >= 0.6 is 27.5 Å². The fraction of sp³-hybridized carbons (Fsp3) is 0.444. The first-order chi connectivity index (χ1) is 7.06. The maximum Gasteiger partial charge on any atom is 0.129 e. The number of halogens is 2. The van der Waals surface area contributed by atoms with Crippen molar-refractivity contribution in [1.82, 2.24) is 4.98 Å². The van der Waals surface area contributed by atoms with E-state index in [0.717, 1.165) is 0 Å². The molecule has 0 aliphatic rings. The van der Waals surface area contributed by atoms with Crippen LogP contribution in [0.15, 0.2) is 16.7 Å². The largest absolute Gasteiger partial charge is 0.390 e. The van der Waals surface area contributed by atoms with Crippen LogP contribution in [0.5, 0.6) is 0 Å². The molecule has 1 aromatic heterocycles. The third kappa shape index (κ3) is 3.31. The Hall–Kier alpha value is -0.360. The third-order valence-electron chi connectivity index (χ3n) is 2.00. The molecular weight excluding hydrogens is 283 g/mol. The number of aliphatic hydroxyl groups is 2. The molecular formula is C9H12BrClN2O2. The van der Waals surface area contributed by atoms with Gasteiger partial charge in [-0.15, -0.1) is 11.6 Å². The Kier molecular flexibility index (Phi) is 4.79. The van der Waals surface area contributed by atoms with Crippen molar-refractivity contribution in [3.05, 3.63) is 22.3 Å². The molecule has 2 atom stereocenters. The van der Waals surface area contributed by atoms with Gasteiger partial charge in [-0.3, -0.25) is 0 Å². The lowest BCUT2D eigenvalue weighted by atomic mass is 10.0. The predicted octanol–water partition coefficient (Wildman–Crippen LogP) is 1.45. The summed E-state index contributed by atoms with van der Waals surface area (Å²) in [6.45, 7) is 0. The van der Waals surface area contributed by atoms with Crippen molar-refractivity contribution in [3.8, 4) is 0 Å². The molecule has 0 saturated carbocycles. The van der Waals surface area contributed by atoms with E-state index in [4.69, 9.17) is 17.3 Å². The van der Waals surface area contributed by atoms with E-state index in [2.05, 4.69) is 20.9 Å². The Balaban J connectivity index is 2.89. The molecule has 4 nitrogen and oxygen atoms in total. The molecule has 15 heavy (non-hydrogen) atoms. The van der Waals surface area contributed by atoms with Crippen molar-refractivity contribution in [1.29, 1.82) is 0 Å². The summed E-state index contributed by atoms with van der Waals surface area (Å²) in [5, 5.41) is 19.3. The van der Waals surface area contributed by atoms with Crippen molar-refractivity contribution in [3.63, 3.8) is 0 Å². The molecule has 1 aromatic rings. The number of rotatable bonds is 4. The van der Waals surface area contributed by atoms with Gasteiger partial charge < -0.3 is 15.9 Å². The molecule has 2 unspecified atom stereocenters. The lowest BCUT2D eigenvalue weighted by molar-refractivity contribution is 0.0172. The van der Waals surface area contributed by atoms with Gasteiger partial charge in [0.15, 0.2) is 0 Å². The van der Waals surface area contributed by atoms with E-state index in [0.29, 0.717) is 16.5 Å². The van der Waals surface area contributed by atoms with E-state index in [1.54, 1.807) is 6.07 Å². The topological polar surface area (TPSA) is 79.4 Å². The lowest BCUT2D eigenvalue weighted by Gasteiger charge is -2.18. The molecule has 0 aliphatic carbocycles. The third-order valence-corrected chi connectivity index (χ3v) is 2.66. The van der Waals surface area contributed by atoms with Crippen LogP contribution in [0.3, 0.4) is 0 Å². The van der Waals surface area contributed by atoms with Crippen LogP contribution in [0.4, 0.5) is 5.82 Å². The lowest BCUT2D eigenvalue weighted by Crippen LogP contribution is -2.20. The summed E-state index contributed by atoms with van der Waals surface area (Å²) in [5.41, 5.74) is 5.99. The van der Waals surface area contributed by atoms with E-state index in [1.165, 1.54) is 6.20 Å². The molecule has 0 spiro atoms. The minimum absolute atomic E-state index is 0.208. The number of alkyl halides is 1. The quantitative estimate of drug-likeness (QED) is 0.735. The summed E-state index contributed by atoms with van der Waals surface area (Å²) in [6.07, 6.45) is -0.164. The summed E-state index contributed by atoms with van der Waals surface area (Å²) < 4.78 is 0.698. The average molecular weight is 296 g/mol. The first-order valence-corrected chi connectivity index (χ1v) is 5.72. The van der Waals surface area contributed by atoms with E-state index < -0.39 is 12.2 Å². The smallest absolute Gasteiger partial charge is 0.129 e. The summed E-state index contributed by atoms with van der Waals surface area (Å²) in [7, 11) is 0. The SMILES string of the molecule is Nc1ncc(Br)cc1C(O)C(O)CCCl. The second-order valence-electron chi connectivity index (χ2n) is 3.12. The number of pyridine rings is 1. The molecule has 1 rings (SSSR count). The monoisotopic (exact) mass is 294 g/mol. The second-order valence-corrected chi connectivity index (χ2v) is 4.41. The van der Waals surface area contributed by atoms with Gasteiger partial charge in [0.25, 0.3) is 0 Å². The minimum Gasteiger partial charge on any atom is -0.390 e. The second kappa shape index (κ2) is 5.65. The molecule has 0 radical (unpaired) electrons. The number of nitrogens with zero attached hydrogens (tertiary/aromatic N) is 1. The maximum atomic E-state index is 9.78. The van der Waals surface area contributed by atoms with Crippen LogP contribution < -0.4 is 5.73 Å².